The molecular weight excluding hydrogens is 527 g/mol. The maximum atomic E-state index is 11.4. The standard InChI is InChI=1S/C16H34N2O5.C4H9N3OS.Y/c1-3-4-5-16(20)17-6-10-21-11-7-18(2)8-12-22-14-15-23-13-9-19;1-9-2-3(5)7-4(6)8;/h19H,3-15H2,1-2H3,(H,17,20);1-2,5H2,(H3,6,7,8);/q;-2;. The summed E-state index contributed by atoms with van der Waals surface area (Å²) >= 11 is 1.27. The van der Waals surface area contributed by atoms with Gasteiger partial charge in [-0.2, -0.15) is 6.17 Å². The molecule has 0 rings (SSSR count). The van der Waals surface area contributed by atoms with Gasteiger partial charge in [0.1, 0.15) is 0 Å². The molecular formula is C20H43N5O6SY-2. The molecule has 0 fully saturated rings. The van der Waals surface area contributed by atoms with Crippen LogP contribution in [0.15, 0.2) is 0 Å². The summed E-state index contributed by atoms with van der Waals surface area (Å²) in [5.41, 5.74) is 9.97. The number of rotatable bonds is 20. The van der Waals surface area contributed by atoms with Gasteiger partial charge >= 0.3 is 0 Å². The van der Waals surface area contributed by atoms with Gasteiger partial charge in [0.05, 0.1) is 46.2 Å². The number of ether oxygens (including phenoxy) is 3. The van der Waals surface area contributed by atoms with E-state index in [1.165, 1.54) is 11.8 Å². The predicted octanol–water partition coefficient (Wildman–Crippen LogP) is -0.108. The van der Waals surface area contributed by atoms with E-state index in [1.54, 1.807) is 0 Å². The minimum atomic E-state index is -0.637. The minimum absolute atomic E-state index is 0. The monoisotopic (exact) mass is 570 g/mol. The second-order valence-electron chi connectivity index (χ2n) is 6.68. The van der Waals surface area contributed by atoms with Crippen LogP contribution in [0.5, 0.6) is 0 Å². The Morgan fingerprint density at radius 3 is 2.18 bits per heavy atom. The van der Waals surface area contributed by atoms with Gasteiger partial charge in [-0.3, -0.25) is 15.8 Å². The van der Waals surface area contributed by atoms with E-state index < -0.39 is 6.03 Å². The Labute approximate surface area is 228 Å². The summed E-state index contributed by atoms with van der Waals surface area (Å²) in [6.45, 7) is 7.60. The number of urea groups is 1. The van der Waals surface area contributed by atoms with Crippen molar-refractivity contribution < 1.29 is 61.6 Å². The number of hydrogen-bond acceptors (Lipinski definition) is 9. The van der Waals surface area contributed by atoms with E-state index in [-0.39, 0.29) is 45.2 Å². The number of carbonyl (C=O) groups is 2. The molecule has 13 heteroatoms. The molecule has 0 bridgehead atoms. The van der Waals surface area contributed by atoms with Crippen molar-refractivity contribution in [2.75, 3.05) is 78.7 Å². The van der Waals surface area contributed by atoms with Crippen molar-refractivity contribution in [1.29, 1.82) is 0 Å². The fourth-order valence-electron chi connectivity index (χ4n) is 2.03. The first-order valence-corrected chi connectivity index (χ1v) is 11.9. The maximum absolute atomic E-state index is 11.4. The van der Waals surface area contributed by atoms with Crippen LogP contribution >= 0.6 is 11.8 Å². The van der Waals surface area contributed by atoms with Crippen LogP contribution in [0.2, 0.25) is 0 Å². The van der Waals surface area contributed by atoms with Gasteiger partial charge in [0.15, 0.2) is 0 Å². The average Bonchev–Trinajstić information content (AvgIpc) is 2.74. The number of nitrogens with zero attached hydrogens (tertiary/aromatic N) is 1. The van der Waals surface area contributed by atoms with Crippen molar-refractivity contribution in [3.8, 4) is 0 Å². The van der Waals surface area contributed by atoms with Crippen molar-refractivity contribution in [3.05, 3.63) is 12.4 Å². The quantitative estimate of drug-likeness (QED) is 0.0994. The molecule has 11 nitrogen and oxygen atoms in total. The van der Waals surface area contributed by atoms with Crippen LogP contribution < -0.4 is 22.1 Å². The van der Waals surface area contributed by atoms with Crippen molar-refractivity contribution >= 4 is 23.7 Å². The SMILES string of the molecule is CCCCC(=O)NCCOCCN(C)CCOCCOCCO.[CH2-]SC[C-](N)NC(N)=O.[Y]. The Hall–Kier alpha value is -0.0461. The minimum Gasteiger partial charge on any atom is -0.471 e. The van der Waals surface area contributed by atoms with Gasteiger partial charge in [0, 0.05) is 58.8 Å². The molecule has 0 heterocycles. The summed E-state index contributed by atoms with van der Waals surface area (Å²) in [5.74, 6) is 0.593. The Kier molecular flexibility index (Phi) is 34.1. The number of nitrogens with one attached hydrogen (secondary N) is 2. The number of primary amides is 1. The summed E-state index contributed by atoms with van der Waals surface area (Å²) in [6, 6.07) is -0.637. The number of thioether (sulfide) groups is 1. The molecule has 0 aromatic heterocycles. The zero-order valence-electron chi connectivity index (χ0n) is 20.2. The zero-order valence-corrected chi connectivity index (χ0v) is 23.8. The van der Waals surface area contributed by atoms with Gasteiger partial charge in [0.25, 0.3) is 6.03 Å². The first-order valence-electron chi connectivity index (χ1n) is 10.7. The molecule has 0 aliphatic heterocycles. The van der Waals surface area contributed by atoms with Crippen LogP contribution in [0.4, 0.5) is 4.79 Å². The van der Waals surface area contributed by atoms with Gasteiger partial charge in [-0.25, -0.2) is 0 Å². The van der Waals surface area contributed by atoms with E-state index in [1.807, 2.05) is 7.05 Å². The van der Waals surface area contributed by atoms with Crippen molar-refractivity contribution in [1.82, 2.24) is 15.5 Å². The van der Waals surface area contributed by atoms with E-state index in [0.29, 0.717) is 64.5 Å². The van der Waals surface area contributed by atoms with Crippen LogP contribution in [0.1, 0.15) is 26.2 Å². The molecule has 0 aromatic rings. The number of hydrogen-bond donors (Lipinski definition) is 5. The third kappa shape index (κ3) is 34.2. The van der Waals surface area contributed by atoms with Crippen LogP contribution in [-0.2, 0) is 51.7 Å². The van der Waals surface area contributed by atoms with Gasteiger partial charge in [-0.1, -0.05) is 13.3 Å². The Morgan fingerprint density at radius 2 is 1.67 bits per heavy atom. The molecule has 1 radical (unpaired) electrons. The fraction of sp³-hybridized carbons (Fsp3) is 0.800. The van der Waals surface area contributed by atoms with Crippen LogP contribution in [0.3, 0.4) is 0 Å². The van der Waals surface area contributed by atoms with E-state index in [2.05, 4.69) is 28.7 Å². The molecule has 33 heavy (non-hydrogen) atoms. The van der Waals surface area contributed by atoms with Crippen LogP contribution in [0, 0.1) is 12.4 Å². The Morgan fingerprint density at radius 1 is 1.09 bits per heavy atom. The molecule has 0 aromatic carbocycles. The molecule has 0 aliphatic rings. The number of carbonyl (C=O) groups excluding carboxylic acids is 2. The van der Waals surface area contributed by atoms with Gasteiger partial charge in [-0.05, 0) is 13.5 Å². The summed E-state index contributed by atoms with van der Waals surface area (Å²) in [7, 11) is 2.02. The Bertz CT molecular complexity index is 444. The molecule has 0 unspecified atom stereocenters. The van der Waals surface area contributed by atoms with Gasteiger partial charge in [-0.15, -0.1) is 5.75 Å². The topological polar surface area (TPSA) is 161 Å². The fourth-order valence-corrected chi connectivity index (χ4v) is 2.33. The van der Waals surface area contributed by atoms with E-state index in [0.717, 1.165) is 25.9 Å². The number of unbranched alkanes of at least 4 members (excludes halogenated alkanes) is 1. The number of nitrogens with two attached hydrogens (primary N) is 2. The summed E-state index contributed by atoms with van der Waals surface area (Å²) in [6.07, 6.45) is 6.37. The average molecular weight is 571 g/mol. The summed E-state index contributed by atoms with van der Waals surface area (Å²) in [5, 5.41) is 13.6. The van der Waals surface area contributed by atoms with E-state index in [9.17, 15) is 9.59 Å². The van der Waals surface area contributed by atoms with E-state index >= 15 is 0 Å². The van der Waals surface area contributed by atoms with Gasteiger partial charge < -0.3 is 58.1 Å². The van der Waals surface area contributed by atoms with Crippen LogP contribution in [-0.4, -0.2) is 101 Å². The number of aliphatic hydroxyl groups excluding tert-OH is 1. The van der Waals surface area contributed by atoms with Crippen LogP contribution in [0.25, 0.3) is 0 Å². The van der Waals surface area contributed by atoms with Gasteiger partial charge in [0.2, 0.25) is 5.91 Å². The molecule has 3 amide bonds. The second kappa shape index (κ2) is 30.0. The Balaban J connectivity index is -0.000000760. The largest absolute Gasteiger partial charge is 0.471 e. The summed E-state index contributed by atoms with van der Waals surface area (Å²) in [4.78, 5) is 23.6. The van der Waals surface area contributed by atoms with E-state index in [4.69, 9.17) is 30.8 Å². The number of aliphatic hydroxyl groups is 1. The molecule has 0 saturated carbocycles. The zero-order chi connectivity index (χ0) is 24.5. The smallest absolute Gasteiger partial charge is 0.284 e. The number of likely N-dealkylation sites (N-methyl/N-ethyl adjacent to an activating group) is 1. The van der Waals surface area contributed by atoms with Crippen molar-refractivity contribution in [3.63, 3.8) is 0 Å². The summed E-state index contributed by atoms with van der Waals surface area (Å²) < 4.78 is 16.0. The molecule has 0 saturated heterocycles. The van der Waals surface area contributed by atoms with Crippen molar-refractivity contribution in [2.45, 2.75) is 26.2 Å². The normalized spacial score (nSPS) is 10.4. The maximum Gasteiger partial charge on any atom is 0.284 e. The predicted molar refractivity (Wildman–Crippen MR) is 128 cm³/mol. The number of amides is 3. The molecule has 0 spiro atoms. The molecule has 7 N–H and O–H groups in total. The second-order valence-corrected chi connectivity index (χ2v) is 7.38. The molecule has 0 atom stereocenters. The third-order valence-corrected chi connectivity index (χ3v) is 4.22. The first kappa shape index (κ1) is 37.5. The third-order valence-electron chi connectivity index (χ3n) is 3.71. The molecule has 195 valence electrons. The first-order chi connectivity index (χ1) is 15.4. The molecule has 0 aliphatic carbocycles. The van der Waals surface area contributed by atoms with Crippen molar-refractivity contribution in [2.24, 2.45) is 11.5 Å².